The summed E-state index contributed by atoms with van der Waals surface area (Å²) in [6, 6.07) is 0. The Morgan fingerprint density at radius 1 is 0.750 bits per heavy atom. The fraction of sp³-hybridized carbons (Fsp3) is 0.606. The molecule has 3 nitrogen and oxygen atoms in total. The first-order valence-corrected chi connectivity index (χ1v) is 13.7. The van der Waals surface area contributed by atoms with Crippen LogP contribution in [0.1, 0.15) is 118 Å². The van der Waals surface area contributed by atoms with Gasteiger partial charge in [0.15, 0.2) is 0 Å². The lowest BCUT2D eigenvalue weighted by atomic mass is 9.83. The van der Waals surface area contributed by atoms with Crippen LogP contribution in [0.4, 0.5) is 0 Å². The van der Waals surface area contributed by atoms with E-state index in [1.165, 1.54) is 16.7 Å². The molecule has 0 amide bonds. The van der Waals surface area contributed by atoms with Crippen molar-refractivity contribution < 1.29 is 0 Å². The van der Waals surface area contributed by atoms with Gasteiger partial charge in [0.2, 0.25) is 0 Å². The molecule has 0 saturated carbocycles. The Morgan fingerprint density at radius 2 is 1.17 bits per heavy atom. The van der Waals surface area contributed by atoms with Crippen molar-refractivity contribution in [1.82, 2.24) is 10.6 Å². The van der Waals surface area contributed by atoms with Crippen molar-refractivity contribution in [1.29, 1.82) is 0 Å². The van der Waals surface area contributed by atoms with Gasteiger partial charge < -0.3 is 10.6 Å². The largest absolute Gasteiger partial charge is 0.345 e. The molecule has 0 atom stereocenters. The summed E-state index contributed by atoms with van der Waals surface area (Å²) in [4.78, 5) is 4.20. The maximum absolute atomic E-state index is 4.20. The molecule has 0 aromatic heterocycles. The van der Waals surface area contributed by atoms with Gasteiger partial charge in [0, 0.05) is 18.0 Å². The third-order valence-electron chi connectivity index (χ3n) is 3.57. The highest BCUT2D eigenvalue weighted by molar-refractivity contribution is 5.80. The molecule has 0 rings (SSSR count). The molecule has 3 heteroatoms. The maximum atomic E-state index is 4.20. The van der Waals surface area contributed by atoms with Crippen LogP contribution >= 0.6 is 0 Å². The first-order valence-electron chi connectivity index (χ1n) is 13.7. The molecule has 0 bridgehead atoms. The highest BCUT2D eigenvalue weighted by Crippen LogP contribution is 2.29. The van der Waals surface area contributed by atoms with E-state index < -0.39 is 0 Å². The van der Waals surface area contributed by atoms with E-state index in [1.54, 1.807) is 0 Å². The molecule has 0 aromatic rings. The van der Waals surface area contributed by atoms with Gasteiger partial charge in [-0.1, -0.05) is 114 Å². The Balaban J connectivity index is -0.0000000980. The number of allylic oxidation sites excluding steroid dienone is 6. The maximum Gasteiger partial charge on any atom is 0.122 e. The van der Waals surface area contributed by atoms with E-state index in [-0.39, 0.29) is 5.41 Å². The molecule has 0 unspecified atom stereocenters. The average Bonchev–Trinajstić information content (AvgIpc) is 2.81. The minimum absolute atomic E-state index is 0.177. The normalized spacial score (nSPS) is 9.72. The van der Waals surface area contributed by atoms with Crippen molar-refractivity contribution in [3.8, 4) is 0 Å². The Kier molecular flexibility index (Phi) is 43.0. The molecule has 36 heavy (non-hydrogen) atoms. The smallest absolute Gasteiger partial charge is 0.122 e. The Bertz CT molecular complexity index is 656. The van der Waals surface area contributed by atoms with Crippen molar-refractivity contribution >= 4 is 5.71 Å². The van der Waals surface area contributed by atoms with E-state index in [1.807, 2.05) is 89.3 Å². The predicted octanol–water partition coefficient (Wildman–Crippen LogP) is 10.8. The van der Waals surface area contributed by atoms with Crippen LogP contribution in [-0.4, -0.2) is 19.3 Å². The van der Waals surface area contributed by atoms with E-state index in [2.05, 4.69) is 89.1 Å². The van der Waals surface area contributed by atoms with Gasteiger partial charge in [-0.2, -0.15) is 0 Å². The number of hydrogen-bond acceptors (Lipinski definition) is 3. The lowest BCUT2D eigenvalue weighted by Crippen LogP contribution is -2.12. The van der Waals surface area contributed by atoms with Crippen molar-refractivity contribution in [2.75, 3.05) is 13.6 Å². The zero-order valence-electron chi connectivity index (χ0n) is 28.0. The lowest BCUT2D eigenvalue weighted by molar-refractivity contribution is 0.512. The zero-order chi connectivity index (χ0) is 30.5. The third-order valence-corrected chi connectivity index (χ3v) is 3.57. The second-order valence-electron chi connectivity index (χ2n) is 8.47. The summed E-state index contributed by atoms with van der Waals surface area (Å²) < 4.78 is 0. The second-order valence-corrected chi connectivity index (χ2v) is 8.47. The van der Waals surface area contributed by atoms with Crippen LogP contribution in [-0.2, 0) is 0 Å². The minimum Gasteiger partial charge on any atom is -0.345 e. The second kappa shape index (κ2) is 32.9. The topological polar surface area (TPSA) is 36.4 Å². The van der Waals surface area contributed by atoms with Gasteiger partial charge >= 0.3 is 0 Å². The number of hydrogen-bond donors (Lipinski definition) is 2. The molecule has 0 fully saturated rings. The summed E-state index contributed by atoms with van der Waals surface area (Å²) >= 11 is 0. The fourth-order valence-corrected chi connectivity index (χ4v) is 2.13. The van der Waals surface area contributed by atoms with Gasteiger partial charge in [-0.3, -0.25) is 0 Å². The van der Waals surface area contributed by atoms with E-state index in [4.69, 9.17) is 0 Å². The number of likely N-dealkylation sites (N-methyl/N-ethyl adjacent to an activating group) is 1. The molecule has 0 aromatic carbocycles. The fourth-order valence-electron chi connectivity index (χ4n) is 2.13. The molecule has 0 aliphatic rings. The first kappa shape index (κ1) is 47.1. The standard InChI is InChI=1S/C13H22.C12H21N3.4C2H6/c1-10(2)8-9-11(3)12(4)13(5,6)7;1-9(2)14-12(5)15-11(4)7-10(3)8-13-6;4*1-2/h8-9H,4H2,1-3,5-7H3;7,13,15H,3,5,8H2,1-2,4,6H3;4*1-2H3/b11-9-;11-7+;;;;. The van der Waals surface area contributed by atoms with Crippen LogP contribution in [0.5, 0.6) is 0 Å². The molecule has 0 radical (unpaired) electrons. The molecule has 0 aliphatic heterocycles. The van der Waals surface area contributed by atoms with Gasteiger partial charge in [-0.25, -0.2) is 4.99 Å². The Labute approximate surface area is 229 Å². The van der Waals surface area contributed by atoms with E-state index in [9.17, 15) is 0 Å². The summed E-state index contributed by atoms with van der Waals surface area (Å²) in [5.74, 6) is 0.654. The van der Waals surface area contributed by atoms with E-state index >= 15 is 0 Å². The van der Waals surface area contributed by atoms with E-state index in [0.29, 0.717) is 5.82 Å². The van der Waals surface area contributed by atoms with Gasteiger partial charge in [0.1, 0.15) is 5.82 Å². The minimum atomic E-state index is 0.177. The average molecular weight is 506 g/mol. The molecule has 0 heterocycles. The first-order chi connectivity index (χ1) is 16.7. The summed E-state index contributed by atoms with van der Waals surface area (Å²) in [5, 5.41) is 6.13. The predicted molar refractivity (Wildman–Crippen MR) is 175 cm³/mol. The van der Waals surface area contributed by atoms with Crippen molar-refractivity contribution in [3.05, 3.63) is 71.8 Å². The number of nitrogens with one attached hydrogen (secondary N) is 2. The van der Waals surface area contributed by atoms with Crippen LogP contribution in [0.2, 0.25) is 0 Å². The van der Waals surface area contributed by atoms with Crippen LogP contribution in [0.3, 0.4) is 0 Å². The van der Waals surface area contributed by atoms with Crippen molar-refractivity contribution in [3.63, 3.8) is 0 Å². The molecule has 0 spiro atoms. The highest BCUT2D eigenvalue weighted by atomic mass is 15.0. The zero-order valence-corrected chi connectivity index (χ0v) is 28.0. The molecule has 0 aliphatic carbocycles. The molecule has 0 saturated heterocycles. The summed E-state index contributed by atoms with van der Waals surface area (Å²) in [6.07, 6.45) is 6.25. The van der Waals surface area contributed by atoms with Crippen molar-refractivity contribution in [2.24, 2.45) is 10.4 Å². The number of rotatable bonds is 8. The van der Waals surface area contributed by atoms with E-state index in [0.717, 1.165) is 23.5 Å². The van der Waals surface area contributed by atoms with Gasteiger partial charge in [-0.15, -0.1) is 0 Å². The third kappa shape index (κ3) is 39.1. The SMILES string of the molecule is C=C(/C(C)=C\C=C(C)C)C(C)(C)C.C=C(/C=C(\C)NC(=C)N=C(C)C)CNC.CC.CC.CC.CC. The van der Waals surface area contributed by atoms with Crippen molar-refractivity contribution in [2.45, 2.75) is 118 Å². The van der Waals surface area contributed by atoms with Gasteiger partial charge in [0.05, 0.1) is 0 Å². The van der Waals surface area contributed by atoms with Gasteiger partial charge in [-0.05, 0) is 76.8 Å². The van der Waals surface area contributed by atoms with Crippen LogP contribution in [0.15, 0.2) is 76.8 Å². The Hall–Kier alpha value is -2.13. The molecule has 214 valence electrons. The molecular formula is C33H67N3. The van der Waals surface area contributed by atoms with Gasteiger partial charge in [0.25, 0.3) is 0 Å². The monoisotopic (exact) mass is 506 g/mol. The lowest BCUT2D eigenvalue weighted by Gasteiger charge is -2.22. The number of aliphatic imine (C=N–C) groups is 1. The van der Waals surface area contributed by atoms with Crippen LogP contribution in [0, 0.1) is 5.41 Å². The summed E-state index contributed by atoms with van der Waals surface area (Å²) in [5.41, 5.74) is 6.97. The van der Waals surface area contributed by atoms with Crippen LogP contribution in [0.25, 0.3) is 0 Å². The number of nitrogens with zero attached hydrogens (tertiary/aromatic N) is 1. The summed E-state index contributed by atoms with van der Waals surface area (Å²) in [6.45, 7) is 47.3. The Morgan fingerprint density at radius 3 is 1.47 bits per heavy atom. The highest BCUT2D eigenvalue weighted by Gasteiger charge is 2.15. The van der Waals surface area contributed by atoms with Crippen LogP contribution < -0.4 is 10.6 Å². The quantitative estimate of drug-likeness (QED) is 0.254. The molecular weight excluding hydrogens is 438 g/mol. The molecule has 2 N–H and O–H groups in total. The summed E-state index contributed by atoms with van der Waals surface area (Å²) in [7, 11) is 1.89.